The molecule has 0 radical (unpaired) electrons. The molecule has 0 saturated heterocycles. The second-order valence-corrected chi connectivity index (χ2v) is 11.6. The Morgan fingerprint density at radius 2 is 1.77 bits per heavy atom. The van der Waals surface area contributed by atoms with Gasteiger partial charge in [0.1, 0.15) is 0 Å². The molecule has 0 spiro atoms. The van der Waals surface area contributed by atoms with Gasteiger partial charge in [0.25, 0.3) is 0 Å². The molecule has 22 heavy (non-hydrogen) atoms. The average Bonchev–Trinajstić information content (AvgIpc) is 2.52. The molecule has 0 aliphatic rings. The lowest BCUT2D eigenvalue weighted by atomic mass is 10.1. The van der Waals surface area contributed by atoms with E-state index in [4.69, 9.17) is 0 Å². The standard InChI is InChI=1S/C21H34Si/c1-5-7-9-10-12-16-20(15-8-6-2)19-22(3,4)21-17-13-11-14-18-21/h6,8,11,13-14,16-18H,5,7,9-10,12,15,19H2,1-4H3/b8-6-,20-16-. The maximum Gasteiger partial charge on any atom is 0.0846 e. The van der Waals surface area contributed by atoms with E-state index < -0.39 is 8.07 Å². The third-order valence-electron chi connectivity index (χ3n) is 4.33. The lowest BCUT2D eigenvalue weighted by molar-refractivity contribution is 0.673. The van der Waals surface area contributed by atoms with Crippen molar-refractivity contribution in [2.24, 2.45) is 0 Å². The van der Waals surface area contributed by atoms with Gasteiger partial charge in [-0.05, 0) is 32.2 Å². The Bertz CT molecular complexity index is 454. The molecule has 0 aliphatic carbocycles. The minimum Gasteiger partial charge on any atom is -0.0913 e. The number of hydrogen-bond acceptors (Lipinski definition) is 0. The fourth-order valence-electron chi connectivity index (χ4n) is 2.93. The quantitative estimate of drug-likeness (QED) is 0.264. The zero-order valence-electron chi connectivity index (χ0n) is 15.1. The summed E-state index contributed by atoms with van der Waals surface area (Å²) in [6.45, 7) is 9.41. The van der Waals surface area contributed by atoms with Gasteiger partial charge >= 0.3 is 0 Å². The first-order valence-electron chi connectivity index (χ1n) is 8.94. The van der Waals surface area contributed by atoms with Crippen LogP contribution >= 0.6 is 0 Å². The molecule has 0 fully saturated rings. The van der Waals surface area contributed by atoms with Crippen LogP contribution in [0, 0.1) is 0 Å². The summed E-state index contributed by atoms with van der Waals surface area (Å²) in [5, 5.41) is 1.58. The van der Waals surface area contributed by atoms with Gasteiger partial charge in [-0.25, -0.2) is 0 Å². The molecule has 0 aromatic heterocycles. The van der Waals surface area contributed by atoms with Crippen LogP contribution < -0.4 is 5.19 Å². The van der Waals surface area contributed by atoms with E-state index in [-0.39, 0.29) is 0 Å². The molecule has 0 amide bonds. The van der Waals surface area contributed by atoms with E-state index >= 15 is 0 Å². The van der Waals surface area contributed by atoms with Gasteiger partial charge in [0.05, 0.1) is 8.07 Å². The van der Waals surface area contributed by atoms with Crippen molar-refractivity contribution < 1.29 is 0 Å². The van der Waals surface area contributed by atoms with Gasteiger partial charge in [0, 0.05) is 0 Å². The van der Waals surface area contributed by atoms with Crippen LogP contribution in [0.5, 0.6) is 0 Å². The normalized spacial score (nSPS) is 13.0. The number of benzene rings is 1. The topological polar surface area (TPSA) is 0 Å². The molecule has 0 heterocycles. The molecule has 1 aromatic carbocycles. The summed E-state index contributed by atoms with van der Waals surface area (Å²) in [5.41, 5.74) is 1.65. The summed E-state index contributed by atoms with van der Waals surface area (Å²) in [6.07, 6.45) is 14.8. The van der Waals surface area contributed by atoms with Gasteiger partial charge in [0.2, 0.25) is 0 Å². The molecule has 0 bridgehead atoms. The maximum absolute atomic E-state index is 2.54. The molecule has 122 valence electrons. The first-order valence-corrected chi connectivity index (χ1v) is 12.2. The Hall–Kier alpha value is -1.08. The van der Waals surface area contributed by atoms with Gasteiger partial charge in [-0.1, -0.05) is 98.6 Å². The fraction of sp³-hybridized carbons (Fsp3) is 0.524. The second-order valence-electron chi connectivity index (χ2n) is 6.91. The lowest BCUT2D eigenvalue weighted by Gasteiger charge is -2.24. The van der Waals surface area contributed by atoms with Crippen molar-refractivity contribution in [1.82, 2.24) is 0 Å². The predicted molar refractivity (Wildman–Crippen MR) is 105 cm³/mol. The Balaban J connectivity index is 2.68. The molecule has 0 N–H and O–H groups in total. The largest absolute Gasteiger partial charge is 0.0913 e. The van der Waals surface area contributed by atoms with Crippen molar-refractivity contribution in [3.8, 4) is 0 Å². The zero-order chi connectivity index (χ0) is 16.3. The second kappa shape index (κ2) is 10.6. The van der Waals surface area contributed by atoms with Gasteiger partial charge in [-0.2, -0.15) is 0 Å². The highest BCUT2D eigenvalue weighted by Crippen LogP contribution is 2.21. The van der Waals surface area contributed by atoms with E-state index in [1.165, 1.54) is 38.1 Å². The van der Waals surface area contributed by atoms with Crippen LogP contribution in [0.1, 0.15) is 52.4 Å². The van der Waals surface area contributed by atoms with Crippen LogP contribution in [0.2, 0.25) is 19.1 Å². The molecule has 1 heteroatoms. The Labute approximate surface area is 139 Å². The first-order chi connectivity index (χ1) is 10.6. The summed E-state index contributed by atoms with van der Waals surface area (Å²) in [7, 11) is -1.37. The fourth-order valence-corrected chi connectivity index (χ4v) is 5.66. The summed E-state index contributed by atoms with van der Waals surface area (Å²) in [5.74, 6) is 0. The third kappa shape index (κ3) is 7.26. The van der Waals surface area contributed by atoms with Crippen molar-refractivity contribution in [3.63, 3.8) is 0 Å². The average molecular weight is 315 g/mol. The molecule has 1 rings (SSSR count). The smallest absolute Gasteiger partial charge is 0.0846 e. The van der Waals surface area contributed by atoms with Crippen LogP contribution in [0.15, 0.2) is 54.1 Å². The molecule has 0 aliphatic heterocycles. The monoisotopic (exact) mass is 314 g/mol. The summed E-state index contributed by atoms with van der Waals surface area (Å²) in [6, 6.07) is 12.4. The van der Waals surface area contributed by atoms with Crippen molar-refractivity contribution >= 4 is 13.3 Å². The van der Waals surface area contributed by atoms with Gasteiger partial charge in [0.15, 0.2) is 0 Å². The van der Waals surface area contributed by atoms with E-state index in [0.29, 0.717) is 0 Å². The Morgan fingerprint density at radius 1 is 1.05 bits per heavy atom. The molecule has 0 unspecified atom stereocenters. The zero-order valence-corrected chi connectivity index (χ0v) is 16.1. The molecule has 1 aromatic rings. The minimum absolute atomic E-state index is 1.13. The predicted octanol–water partition coefficient (Wildman–Crippen LogP) is 6.47. The molecular weight excluding hydrogens is 280 g/mol. The van der Waals surface area contributed by atoms with Crippen molar-refractivity contribution in [3.05, 3.63) is 54.1 Å². The van der Waals surface area contributed by atoms with E-state index in [0.717, 1.165) is 6.42 Å². The van der Waals surface area contributed by atoms with Crippen LogP contribution in [-0.2, 0) is 0 Å². The van der Waals surface area contributed by atoms with Crippen LogP contribution in [-0.4, -0.2) is 8.07 Å². The van der Waals surface area contributed by atoms with Crippen molar-refractivity contribution in [2.45, 2.75) is 71.5 Å². The number of hydrogen-bond donors (Lipinski definition) is 0. The van der Waals surface area contributed by atoms with Crippen LogP contribution in [0.25, 0.3) is 0 Å². The van der Waals surface area contributed by atoms with Gasteiger partial charge in [-0.3, -0.25) is 0 Å². The minimum atomic E-state index is -1.37. The van der Waals surface area contributed by atoms with Gasteiger partial charge < -0.3 is 0 Å². The highest BCUT2D eigenvalue weighted by molar-refractivity contribution is 6.90. The molecular formula is C21H34Si. The van der Waals surface area contributed by atoms with Crippen molar-refractivity contribution in [1.29, 1.82) is 0 Å². The summed E-state index contributed by atoms with van der Waals surface area (Å²) < 4.78 is 0. The van der Waals surface area contributed by atoms with Gasteiger partial charge in [-0.15, -0.1) is 0 Å². The van der Waals surface area contributed by atoms with E-state index in [1.807, 2.05) is 0 Å². The van der Waals surface area contributed by atoms with Crippen LogP contribution in [0.4, 0.5) is 0 Å². The number of unbranched alkanes of at least 4 members (excludes halogenated alkanes) is 4. The molecule has 0 atom stereocenters. The van der Waals surface area contributed by atoms with Crippen LogP contribution in [0.3, 0.4) is 0 Å². The lowest BCUT2D eigenvalue weighted by Crippen LogP contribution is -2.41. The number of rotatable bonds is 10. The number of allylic oxidation sites excluding steroid dienone is 4. The van der Waals surface area contributed by atoms with Crippen molar-refractivity contribution in [2.75, 3.05) is 0 Å². The highest BCUT2D eigenvalue weighted by atomic mass is 28.3. The SMILES string of the molecule is C/C=C\C/C(=C/CCCCCC)C[Si](C)(C)c1ccccc1. The third-order valence-corrected chi connectivity index (χ3v) is 7.56. The van der Waals surface area contributed by atoms with E-state index in [2.05, 4.69) is 75.5 Å². The Morgan fingerprint density at radius 3 is 2.41 bits per heavy atom. The highest BCUT2D eigenvalue weighted by Gasteiger charge is 2.23. The molecule has 0 saturated carbocycles. The van der Waals surface area contributed by atoms with E-state index in [1.54, 1.807) is 10.8 Å². The summed E-state index contributed by atoms with van der Waals surface area (Å²) in [4.78, 5) is 0. The van der Waals surface area contributed by atoms with E-state index in [9.17, 15) is 0 Å². The Kier molecular flexibility index (Phi) is 9.15. The summed E-state index contributed by atoms with van der Waals surface area (Å²) >= 11 is 0. The first kappa shape index (κ1) is 19.0. The maximum atomic E-state index is 2.54. The molecule has 0 nitrogen and oxygen atoms in total.